The predicted octanol–water partition coefficient (Wildman–Crippen LogP) is 1.13. The molecule has 11 heavy (non-hydrogen) atoms. The third-order valence-electron chi connectivity index (χ3n) is 3.46. The maximum absolute atomic E-state index is 10.7. The first-order valence-electron chi connectivity index (χ1n) is 4.33. The van der Waals surface area contributed by atoms with Gasteiger partial charge in [0.2, 0.25) is 0 Å². The largest absolute Gasteiger partial charge is 0.390 e. The van der Waals surface area contributed by atoms with Gasteiger partial charge in [0.15, 0.2) is 0 Å². The normalized spacial score (nSPS) is 53.8. The van der Waals surface area contributed by atoms with Gasteiger partial charge in [-0.15, -0.1) is 0 Å². The number of hydrogen-bond donors (Lipinski definition) is 1. The van der Waals surface area contributed by atoms with Crippen LogP contribution in [-0.4, -0.2) is 17.0 Å². The molecular formula is C9H14O2. The minimum Gasteiger partial charge on any atom is -0.390 e. The second-order valence-electron chi connectivity index (χ2n) is 4.21. The minimum absolute atomic E-state index is 0.0925. The van der Waals surface area contributed by atoms with E-state index in [0.29, 0.717) is 12.3 Å². The summed E-state index contributed by atoms with van der Waals surface area (Å²) in [7, 11) is 0. The Bertz CT molecular complexity index is 202. The van der Waals surface area contributed by atoms with Crippen molar-refractivity contribution in [3.63, 3.8) is 0 Å². The number of carbonyl (C=O) groups excluding carboxylic acids is 1. The Morgan fingerprint density at radius 1 is 1.64 bits per heavy atom. The number of rotatable bonds is 2. The van der Waals surface area contributed by atoms with Crippen LogP contribution in [-0.2, 0) is 4.79 Å². The average Bonchev–Trinajstić information content (AvgIpc) is 2.57. The highest BCUT2D eigenvalue weighted by Crippen LogP contribution is 2.65. The van der Waals surface area contributed by atoms with E-state index in [4.69, 9.17) is 0 Å². The van der Waals surface area contributed by atoms with E-state index >= 15 is 0 Å². The summed E-state index contributed by atoms with van der Waals surface area (Å²) >= 11 is 0. The zero-order chi connectivity index (χ0) is 8.11. The van der Waals surface area contributed by atoms with Crippen molar-refractivity contribution < 1.29 is 9.90 Å². The topological polar surface area (TPSA) is 37.3 Å². The van der Waals surface area contributed by atoms with E-state index in [-0.39, 0.29) is 5.41 Å². The van der Waals surface area contributed by atoms with E-state index in [9.17, 15) is 9.90 Å². The fourth-order valence-corrected chi connectivity index (χ4v) is 2.49. The number of hydrogen-bond acceptors (Lipinski definition) is 2. The summed E-state index contributed by atoms with van der Waals surface area (Å²) in [6, 6.07) is 0. The van der Waals surface area contributed by atoms with Gasteiger partial charge in [-0.2, -0.15) is 0 Å². The quantitative estimate of drug-likeness (QED) is 0.605. The standard InChI is InChI=1S/C9H14O2/c1-2-9(11)4-7-3-8(7,5-9)6-10/h6-7,11H,2-5H2,1H3/t7-,8?,9+/m0/s1. The summed E-state index contributed by atoms with van der Waals surface area (Å²) in [6.45, 7) is 1.99. The van der Waals surface area contributed by atoms with Crippen molar-refractivity contribution in [3.05, 3.63) is 0 Å². The Morgan fingerprint density at radius 2 is 2.36 bits per heavy atom. The summed E-state index contributed by atoms with van der Waals surface area (Å²) in [5, 5.41) is 9.84. The molecule has 0 aromatic heterocycles. The molecule has 2 nitrogen and oxygen atoms in total. The van der Waals surface area contributed by atoms with Gasteiger partial charge in [-0.05, 0) is 31.6 Å². The Kier molecular flexibility index (Phi) is 1.23. The van der Waals surface area contributed by atoms with E-state index in [0.717, 1.165) is 25.5 Å². The van der Waals surface area contributed by atoms with Gasteiger partial charge in [-0.3, -0.25) is 0 Å². The van der Waals surface area contributed by atoms with Crippen molar-refractivity contribution in [1.29, 1.82) is 0 Å². The summed E-state index contributed by atoms with van der Waals surface area (Å²) in [6.07, 6.45) is 4.44. The number of fused-ring (bicyclic) bond motifs is 1. The maximum Gasteiger partial charge on any atom is 0.126 e. The minimum atomic E-state index is -0.510. The molecule has 0 amide bonds. The molecule has 3 atom stereocenters. The zero-order valence-corrected chi connectivity index (χ0v) is 6.84. The molecule has 0 aromatic carbocycles. The zero-order valence-electron chi connectivity index (χ0n) is 6.84. The molecule has 0 aliphatic heterocycles. The first kappa shape index (κ1) is 7.29. The van der Waals surface area contributed by atoms with Crippen molar-refractivity contribution >= 4 is 6.29 Å². The van der Waals surface area contributed by atoms with E-state index < -0.39 is 5.60 Å². The first-order valence-corrected chi connectivity index (χ1v) is 4.33. The molecule has 0 spiro atoms. The van der Waals surface area contributed by atoms with Crippen LogP contribution in [0.3, 0.4) is 0 Å². The molecule has 0 bridgehead atoms. The summed E-state index contributed by atoms with van der Waals surface area (Å²) in [5.41, 5.74) is -0.603. The van der Waals surface area contributed by atoms with Crippen molar-refractivity contribution in [3.8, 4) is 0 Å². The fraction of sp³-hybridized carbons (Fsp3) is 0.889. The summed E-state index contributed by atoms with van der Waals surface area (Å²) < 4.78 is 0. The van der Waals surface area contributed by atoms with Gasteiger partial charge in [-0.25, -0.2) is 0 Å². The van der Waals surface area contributed by atoms with Crippen molar-refractivity contribution in [1.82, 2.24) is 0 Å². The SMILES string of the molecule is CC[C@@]1(O)C[C@@H]2CC2(C=O)C1. The van der Waals surface area contributed by atoms with Crippen LogP contribution in [0.15, 0.2) is 0 Å². The van der Waals surface area contributed by atoms with E-state index in [1.54, 1.807) is 0 Å². The van der Waals surface area contributed by atoms with Crippen LogP contribution in [0.2, 0.25) is 0 Å². The average molecular weight is 154 g/mol. The Balaban J connectivity index is 2.12. The Labute approximate surface area is 66.6 Å². The first-order chi connectivity index (χ1) is 5.14. The second kappa shape index (κ2) is 1.86. The summed E-state index contributed by atoms with van der Waals surface area (Å²) in [4.78, 5) is 10.7. The smallest absolute Gasteiger partial charge is 0.126 e. The molecule has 2 aliphatic carbocycles. The third kappa shape index (κ3) is 0.853. The number of aldehydes is 1. The van der Waals surface area contributed by atoms with E-state index in [1.807, 2.05) is 6.92 Å². The van der Waals surface area contributed by atoms with Gasteiger partial charge in [0.1, 0.15) is 6.29 Å². The summed E-state index contributed by atoms with van der Waals surface area (Å²) in [5.74, 6) is 0.505. The number of carbonyl (C=O) groups is 1. The highest BCUT2D eigenvalue weighted by Gasteiger charge is 2.64. The lowest BCUT2D eigenvalue weighted by Crippen LogP contribution is -2.26. The Morgan fingerprint density at radius 3 is 2.73 bits per heavy atom. The van der Waals surface area contributed by atoms with Crippen LogP contribution in [0.25, 0.3) is 0 Å². The molecule has 1 unspecified atom stereocenters. The van der Waals surface area contributed by atoms with Crippen molar-refractivity contribution in [2.24, 2.45) is 11.3 Å². The third-order valence-corrected chi connectivity index (χ3v) is 3.46. The van der Waals surface area contributed by atoms with Gasteiger partial charge in [0.25, 0.3) is 0 Å². The van der Waals surface area contributed by atoms with Gasteiger partial charge >= 0.3 is 0 Å². The monoisotopic (exact) mass is 154 g/mol. The molecule has 2 saturated carbocycles. The highest BCUT2D eigenvalue weighted by atomic mass is 16.3. The van der Waals surface area contributed by atoms with Crippen LogP contribution >= 0.6 is 0 Å². The van der Waals surface area contributed by atoms with Crippen LogP contribution in [0, 0.1) is 11.3 Å². The van der Waals surface area contributed by atoms with E-state index in [2.05, 4.69) is 0 Å². The molecule has 2 rings (SSSR count). The van der Waals surface area contributed by atoms with Gasteiger partial charge in [0, 0.05) is 5.41 Å². The number of aliphatic hydroxyl groups is 1. The molecule has 1 N–H and O–H groups in total. The fourth-order valence-electron chi connectivity index (χ4n) is 2.49. The molecule has 2 heteroatoms. The van der Waals surface area contributed by atoms with Crippen LogP contribution in [0.4, 0.5) is 0 Å². The molecular weight excluding hydrogens is 140 g/mol. The van der Waals surface area contributed by atoms with Crippen molar-refractivity contribution in [2.45, 2.75) is 38.2 Å². The van der Waals surface area contributed by atoms with E-state index in [1.165, 1.54) is 0 Å². The predicted molar refractivity (Wildman–Crippen MR) is 41.1 cm³/mol. The van der Waals surface area contributed by atoms with Crippen LogP contribution in [0.5, 0.6) is 0 Å². The maximum atomic E-state index is 10.7. The van der Waals surface area contributed by atoms with Gasteiger partial charge < -0.3 is 9.90 Å². The lowest BCUT2D eigenvalue weighted by Gasteiger charge is -2.22. The molecule has 0 saturated heterocycles. The molecule has 0 radical (unpaired) electrons. The molecule has 2 fully saturated rings. The molecule has 0 heterocycles. The molecule has 62 valence electrons. The van der Waals surface area contributed by atoms with Gasteiger partial charge in [0.05, 0.1) is 5.60 Å². The molecule has 2 aliphatic rings. The van der Waals surface area contributed by atoms with Gasteiger partial charge in [-0.1, -0.05) is 6.92 Å². The second-order valence-corrected chi connectivity index (χ2v) is 4.21. The van der Waals surface area contributed by atoms with Crippen LogP contribution < -0.4 is 0 Å². The molecule has 0 aromatic rings. The highest BCUT2D eigenvalue weighted by molar-refractivity contribution is 5.66. The lowest BCUT2D eigenvalue weighted by molar-refractivity contribution is -0.113. The Hall–Kier alpha value is -0.370. The van der Waals surface area contributed by atoms with Crippen LogP contribution in [0.1, 0.15) is 32.6 Å². The van der Waals surface area contributed by atoms with Crippen molar-refractivity contribution in [2.75, 3.05) is 0 Å². The lowest BCUT2D eigenvalue weighted by atomic mass is 9.91.